The Labute approximate surface area is 111 Å². The van der Waals surface area contributed by atoms with Gasteiger partial charge in [0.05, 0.1) is 6.54 Å². The smallest absolute Gasteiger partial charge is 0.319 e. The van der Waals surface area contributed by atoms with E-state index >= 15 is 0 Å². The second-order valence-electron chi connectivity index (χ2n) is 4.34. The third kappa shape index (κ3) is 3.54. The molecule has 0 radical (unpaired) electrons. The number of aromatic nitrogens is 2. The number of benzene rings is 1. The molecule has 2 rings (SSSR count). The van der Waals surface area contributed by atoms with Gasteiger partial charge in [0.15, 0.2) is 0 Å². The quantitative estimate of drug-likeness (QED) is 0.887. The Balaban J connectivity index is 1.90. The fourth-order valence-electron chi connectivity index (χ4n) is 1.69. The molecule has 6 heteroatoms. The van der Waals surface area contributed by atoms with E-state index in [1.54, 1.807) is 6.92 Å². The lowest BCUT2D eigenvalue weighted by Gasteiger charge is -2.09. The maximum atomic E-state index is 11.7. The predicted molar refractivity (Wildman–Crippen MR) is 70.8 cm³/mol. The number of aryl methyl sites for hydroxylation is 3. The first kappa shape index (κ1) is 13.1. The number of carbonyl (C=O) groups excluding carboxylic acids is 1. The van der Waals surface area contributed by atoms with Gasteiger partial charge in [-0.05, 0) is 25.5 Å². The molecule has 0 fully saturated rings. The highest BCUT2D eigenvalue weighted by Gasteiger charge is 2.07. The van der Waals surface area contributed by atoms with Crippen LogP contribution in [0, 0.1) is 20.8 Å². The summed E-state index contributed by atoms with van der Waals surface area (Å²) in [5.74, 6) is 0.861. The first-order valence-corrected chi connectivity index (χ1v) is 5.95. The van der Waals surface area contributed by atoms with Crippen molar-refractivity contribution in [3.05, 3.63) is 41.1 Å². The topological polar surface area (TPSA) is 80.0 Å². The number of rotatable bonds is 3. The Hall–Kier alpha value is -2.37. The van der Waals surface area contributed by atoms with Gasteiger partial charge in [-0.25, -0.2) is 4.79 Å². The van der Waals surface area contributed by atoms with Crippen LogP contribution in [-0.4, -0.2) is 16.2 Å². The van der Waals surface area contributed by atoms with Crippen LogP contribution in [0.3, 0.4) is 0 Å². The van der Waals surface area contributed by atoms with Crippen molar-refractivity contribution in [1.29, 1.82) is 0 Å². The Bertz CT molecular complexity index is 592. The molecule has 2 amide bonds. The molecular formula is C13H16N4O2. The van der Waals surface area contributed by atoms with Crippen molar-refractivity contribution in [2.45, 2.75) is 27.3 Å². The van der Waals surface area contributed by atoms with E-state index in [0.717, 1.165) is 16.8 Å². The number of amides is 2. The zero-order valence-electron chi connectivity index (χ0n) is 11.2. The van der Waals surface area contributed by atoms with Gasteiger partial charge in [-0.1, -0.05) is 17.7 Å². The third-order valence-electron chi connectivity index (χ3n) is 2.60. The summed E-state index contributed by atoms with van der Waals surface area (Å²) in [7, 11) is 0. The normalized spacial score (nSPS) is 10.3. The molecule has 1 aromatic carbocycles. The molecule has 2 N–H and O–H groups in total. The number of carbonyl (C=O) groups is 1. The minimum absolute atomic E-state index is 0.206. The summed E-state index contributed by atoms with van der Waals surface area (Å²) in [5.41, 5.74) is 2.96. The van der Waals surface area contributed by atoms with Crippen molar-refractivity contribution in [3.8, 4) is 0 Å². The van der Waals surface area contributed by atoms with Crippen molar-refractivity contribution >= 4 is 11.7 Å². The van der Waals surface area contributed by atoms with Crippen LogP contribution < -0.4 is 10.6 Å². The van der Waals surface area contributed by atoms with Gasteiger partial charge in [-0.3, -0.25) is 0 Å². The van der Waals surface area contributed by atoms with Gasteiger partial charge in [-0.2, -0.15) is 0 Å². The average Bonchev–Trinajstić information content (AvgIpc) is 2.76. The summed E-state index contributed by atoms with van der Waals surface area (Å²) >= 11 is 0. The summed E-state index contributed by atoms with van der Waals surface area (Å²) in [6, 6.07) is 5.53. The Kier molecular flexibility index (Phi) is 3.79. The zero-order chi connectivity index (χ0) is 13.8. The Morgan fingerprint density at radius 2 is 2.05 bits per heavy atom. The van der Waals surface area contributed by atoms with Gasteiger partial charge in [0, 0.05) is 12.6 Å². The van der Waals surface area contributed by atoms with Crippen molar-refractivity contribution in [3.63, 3.8) is 0 Å². The third-order valence-corrected chi connectivity index (χ3v) is 2.60. The van der Waals surface area contributed by atoms with Gasteiger partial charge in [0.1, 0.15) is 0 Å². The fraction of sp³-hybridized carbons (Fsp3) is 0.308. The van der Waals surface area contributed by atoms with Crippen LogP contribution in [-0.2, 0) is 6.54 Å². The van der Waals surface area contributed by atoms with E-state index in [9.17, 15) is 4.79 Å². The van der Waals surface area contributed by atoms with Gasteiger partial charge in [-0.15, -0.1) is 10.2 Å². The van der Waals surface area contributed by atoms with Gasteiger partial charge in [0.2, 0.25) is 11.8 Å². The van der Waals surface area contributed by atoms with Gasteiger partial charge < -0.3 is 15.1 Å². The molecule has 0 aliphatic heterocycles. The van der Waals surface area contributed by atoms with Crippen molar-refractivity contribution in [2.75, 3.05) is 5.32 Å². The Morgan fingerprint density at radius 1 is 1.26 bits per heavy atom. The van der Waals surface area contributed by atoms with E-state index in [0.29, 0.717) is 11.8 Å². The summed E-state index contributed by atoms with van der Waals surface area (Å²) in [6.07, 6.45) is 0. The second-order valence-corrected chi connectivity index (χ2v) is 4.34. The molecule has 2 aromatic rings. The molecule has 0 aliphatic carbocycles. The molecule has 0 saturated carbocycles. The van der Waals surface area contributed by atoms with Crippen LogP contribution in [0.2, 0.25) is 0 Å². The molecule has 6 nitrogen and oxygen atoms in total. The predicted octanol–water partition coefficient (Wildman–Crippen LogP) is 2.32. The minimum atomic E-state index is -0.303. The number of nitrogens with zero attached hydrogens (tertiary/aromatic N) is 2. The number of nitrogens with one attached hydrogen (secondary N) is 2. The number of hydrogen-bond acceptors (Lipinski definition) is 4. The van der Waals surface area contributed by atoms with Crippen LogP contribution >= 0.6 is 0 Å². The fourth-order valence-corrected chi connectivity index (χ4v) is 1.69. The molecule has 100 valence electrons. The average molecular weight is 260 g/mol. The first-order valence-electron chi connectivity index (χ1n) is 5.95. The van der Waals surface area contributed by atoms with E-state index in [1.807, 2.05) is 32.0 Å². The molecule has 0 saturated heterocycles. The molecule has 0 atom stereocenters. The van der Waals surface area contributed by atoms with Crippen molar-refractivity contribution < 1.29 is 9.21 Å². The molecule has 1 heterocycles. The van der Waals surface area contributed by atoms with Crippen LogP contribution in [0.15, 0.2) is 22.6 Å². The molecule has 0 aliphatic rings. The number of urea groups is 1. The SMILES string of the molecule is Cc1ccc(NC(=O)NCc2nnc(C)o2)c(C)c1. The molecule has 0 unspecified atom stereocenters. The van der Waals surface area contributed by atoms with E-state index in [4.69, 9.17) is 4.42 Å². The van der Waals surface area contributed by atoms with E-state index in [-0.39, 0.29) is 12.6 Å². The first-order chi connectivity index (χ1) is 9.04. The van der Waals surface area contributed by atoms with E-state index < -0.39 is 0 Å². The zero-order valence-corrected chi connectivity index (χ0v) is 11.2. The van der Waals surface area contributed by atoms with E-state index in [1.165, 1.54) is 0 Å². The highest BCUT2D eigenvalue weighted by molar-refractivity contribution is 5.89. The van der Waals surface area contributed by atoms with Gasteiger partial charge >= 0.3 is 6.03 Å². The summed E-state index contributed by atoms with van der Waals surface area (Å²) in [6.45, 7) is 5.86. The molecular weight excluding hydrogens is 244 g/mol. The summed E-state index contributed by atoms with van der Waals surface area (Å²) in [5, 5.41) is 12.9. The maximum absolute atomic E-state index is 11.7. The lowest BCUT2D eigenvalue weighted by molar-refractivity contribution is 0.250. The van der Waals surface area contributed by atoms with Crippen LogP contribution in [0.25, 0.3) is 0 Å². The van der Waals surface area contributed by atoms with Crippen molar-refractivity contribution in [1.82, 2.24) is 15.5 Å². The highest BCUT2D eigenvalue weighted by atomic mass is 16.4. The maximum Gasteiger partial charge on any atom is 0.319 e. The van der Waals surface area contributed by atoms with Crippen molar-refractivity contribution in [2.24, 2.45) is 0 Å². The Morgan fingerprint density at radius 3 is 2.68 bits per heavy atom. The molecule has 0 bridgehead atoms. The van der Waals surface area contributed by atoms with E-state index in [2.05, 4.69) is 20.8 Å². The number of hydrogen-bond donors (Lipinski definition) is 2. The molecule has 1 aromatic heterocycles. The lowest BCUT2D eigenvalue weighted by atomic mass is 10.1. The van der Waals surface area contributed by atoms with Crippen LogP contribution in [0.1, 0.15) is 22.9 Å². The van der Waals surface area contributed by atoms with Crippen LogP contribution in [0.4, 0.5) is 10.5 Å². The second kappa shape index (κ2) is 5.51. The lowest BCUT2D eigenvalue weighted by Crippen LogP contribution is -2.28. The van der Waals surface area contributed by atoms with Gasteiger partial charge in [0.25, 0.3) is 0 Å². The standard InChI is InChI=1S/C13H16N4O2/c1-8-4-5-11(9(2)6-8)15-13(18)14-7-12-17-16-10(3)19-12/h4-6H,7H2,1-3H3,(H2,14,15,18). The summed E-state index contributed by atoms with van der Waals surface area (Å²) in [4.78, 5) is 11.7. The minimum Gasteiger partial charge on any atom is -0.424 e. The largest absolute Gasteiger partial charge is 0.424 e. The number of anilines is 1. The highest BCUT2D eigenvalue weighted by Crippen LogP contribution is 2.15. The van der Waals surface area contributed by atoms with Crippen LogP contribution in [0.5, 0.6) is 0 Å². The monoisotopic (exact) mass is 260 g/mol. The molecule has 19 heavy (non-hydrogen) atoms. The molecule has 0 spiro atoms. The summed E-state index contributed by atoms with van der Waals surface area (Å²) < 4.78 is 5.16.